The number of aromatic nitrogens is 1. The molecule has 0 bridgehead atoms. The van der Waals surface area contributed by atoms with Crippen LogP contribution >= 0.6 is 0 Å². The number of aryl methyl sites for hydroxylation is 1. The third-order valence-electron chi connectivity index (χ3n) is 5.17. The Bertz CT molecular complexity index is 1270. The first-order chi connectivity index (χ1) is 15.0. The van der Waals surface area contributed by atoms with E-state index in [1.165, 1.54) is 6.07 Å². The number of carbonyl (C=O) groups excluding carboxylic acids is 1. The van der Waals surface area contributed by atoms with E-state index in [4.69, 9.17) is 9.15 Å². The summed E-state index contributed by atoms with van der Waals surface area (Å²) in [6.45, 7) is 2.11. The van der Waals surface area contributed by atoms with E-state index in [0.29, 0.717) is 29.9 Å². The van der Waals surface area contributed by atoms with Crippen LogP contribution in [0.5, 0.6) is 5.75 Å². The fraction of sp³-hybridized carbons (Fsp3) is 0.174. The molecule has 31 heavy (non-hydrogen) atoms. The number of ether oxygens (including phenoxy) is 1. The molecule has 0 saturated carbocycles. The minimum absolute atomic E-state index is 0.0104. The van der Waals surface area contributed by atoms with Gasteiger partial charge in [0.2, 0.25) is 0 Å². The number of nitrogens with zero attached hydrogens (tertiary/aromatic N) is 1. The van der Waals surface area contributed by atoms with Crippen LogP contribution in [0.1, 0.15) is 21.7 Å². The molecule has 158 valence electrons. The van der Waals surface area contributed by atoms with Gasteiger partial charge in [0.1, 0.15) is 11.5 Å². The number of fused-ring (bicyclic) bond motifs is 1. The topological polar surface area (TPSA) is 110 Å². The van der Waals surface area contributed by atoms with E-state index in [9.17, 15) is 14.9 Å². The Morgan fingerprint density at radius 2 is 2.03 bits per heavy atom. The number of hydrogen-bond donors (Lipinski definition) is 2. The summed E-state index contributed by atoms with van der Waals surface area (Å²) in [5.41, 5.74) is 3.18. The average molecular weight is 419 g/mol. The van der Waals surface area contributed by atoms with Gasteiger partial charge in [-0.25, -0.2) is 0 Å². The molecule has 4 rings (SSSR count). The summed E-state index contributed by atoms with van der Waals surface area (Å²) < 4.78 is 10.9. The molecule has 2 heterocycles. The summed E-state index contributed by atoms with van der Waals surface area (Å²) in [6, 6.07) is 13.9. The van der Waals surface area contributed by atoms with Gasteiger partial charge in [0.25, 0.3) is 11.6 Å². The first kappa shape index (κ1) is 20.2. The average Bonchev–Trinajstić information content (AvgIpc) is 3.41. The zero-order chi connectivity index (χ0) is 22.0. The lowest BCUT2D eigenvalue weighted by Crippen LogP contribution is -2.25. The van der Waals surface area contributed by atoms with Gasteiger partial charge in [-0.1, -0.05) is 12.1 Å². The summed E-state index contributed by atoms with van der Waals surface area (Å²) in [7, 11) is 1.63. The number of benzene rings is 2. The first-order valence-corrected chi connectivity index (χ1v) is 9.73. The Labute approximate surface area is 178 Å². The Hall–Kier alpha value is -4.07. The number of H-pyrrole nitrogens is 1. The number of methoxy groups -OCH3 is 1. The predicted octanol–water partition coefficient (Wildman–Crippen LogP) is 4.63. The van der Waals surface area contributed by atoms with Crippen LogP contribution in [0.2, 0.25) is 0 Å². The number of furan rings is 1. The van der Waals surface area contributed by atoms with E-state index < -0.39 is 4.92 Å². The number of nitro groups is 1. The smallest absolute Gasteiger partial charge is 0.287 e. The van der Waals surface area contributed by atoms with Crippen molar-refractivity contribution in [3.8, 4) is 17.1 Å². The molecule has 0 aliphatic carbocycles. The van der Waals surface area contributed by atoms with Gasteiger partial charge in [-0.2, -0.15) is 0 Å². The van der Waals surface area contributed by atoms with Crippen molar-refractivity contribution in [2.45, 2.75) is 13.3 Å². The molecule has 0 saturated heterocycles. The molecule has 0 fully saturated rings. The van der Waals surface area contributed by atoms with Gasteiger partial charge in [-0.05, 0) is 43.2 Å². The van der Waals surface area contributed by atoms with Crippen molar-refractivity contribution < 1.29 is 18.9 Å². The van der Waals surface area contributed by atoms with E-state index >= 15 is 0 Å². The summed E-state index contributed by atoms with van der Waals surface area (Å²) >= 11 is 0. The molecule has 0 aliphatic rings. The second kappa shape index (κ2) is 8.35. The van der Waals surface area contributed by atoms with Gasteiger partial charge in [0.15, 0.2) is 5.76 Å². The standard InChI is InChI=1S/C23H21N3O5/c1-14-3-4-15(11-20(14)26(28)29)21-7-8-22(31-21)23(27)24-10-9-16-13-25-19-12-17(30-2)5-6-18(16)19/h3-8,11-13,25H,9-10H2,1-2H3,(H,24,27). The largest absolute Gasteiger partial charge is 0.497 e. The molecule has 0 radical (unpaired) electrons. The predicted molar refractivity (Wildman–Crippen MR) is 116 cm³/mol. The Morgan fingerprint density at radius 1 is 1.19 bits per heavy atom. The number of carbonyl (C=O) groups is 1. The number of hydrogen-bond acceptors (Lipinski definition) is 5. The first-order valence-electron chi connectivity index (χ1n) is 9.73. The molecule has 0 atom stereocenters. The monoisotopic (exact) mass is 419 g/mol. The van der Waals surface area contributed by atoms with Crippen LogP contribution in [0.4, 0.5) is 5.69 Å². The van der Waals surface area contributed by atoms with E-state index in [1.54, 1.807) is 38.3 Å². The minimum Gasteiger partial charge on any atom is -0.497 e. The molecule has 1 amide bonds. The molecule has 2 aromatic carbocycles. The van der Waals surface area contributed by atoms with Gasteiger partial charge in [-0.3, -0.25) is 14.9 Å². The maximum Gasteiger partial charge on any atom is 0.287 e. The number of nitro benzene ring substituents is 1. The van der Waals surface area contributed by atoms with E-state index in [0.717, 1.165) is 22.2 Å². The quantitative estimate of drug-likeness (QED) is 0.335. The third-order valence-corrected chi connectivity index (χ3v) is 5.17. The van der Waals surface area contributed by atoms with E-state index in [2.05, 4.69) is 10.3 Å². The Balaban J connectivity index is 1.41. The number of nitrogens with one attached hydrogen (secondary N) is 2. The molecule has 0 unspecified atom stereocenters. The van der Waals surface area contributed by atoms with E-state index in [-0.39, 0.29) is 17.4 Å². The summed E-state index contributed by atoms with van der Waals surface area (Å²) in [5, 5.41) is 15.1. The lowest BCUT2D eigenvalue weighted by Gasteiger charge is -2.04. The van der Waals surface area contributed by atoms with Crippen LogP contribution in [0.25, 0.3) is 22.2 Å². The van der Waals surface area contributed by atoms with Crippen LogP contribution in [-0.2, 0) is 6.42 Å². The Kier molecular flexibility index (Phi) is 5.44. The summed E-state index contributed by atoms with van der Waals surface area (Å²) in [5.74, 6) is 0.997. The van der Waals surface area contributed by atoms with Crippen molar-refractivity contribution in [2.75, 3.05) is 13.7 Å². The van der Waals surface area contributed by atoms with Crippen molar-refractivity contribution in [1.82, 2.24) is 10.3 Å². The van der Waals surface area contributed by atoms with Crippen LogP contribution in [0, 0.1) is 17.0 Å². The number of aromatic amines is 1. The number of rotatable bonds is 7. The maximum absolute atomic E-state index is 12.5. The van der Waals surface area contributed by atoms with Gasteiger partial charge < -0.3 is 19.5 Å². The maximum atomic E-state index is 12.5. The zero-order valence-corrected chi connectivity index (χ0v) is 17.1. The SMILES string of the molecule is COc1ccc2c(CCNC(=O)c3ccc(-c4ccc(C)c([N+](=O)[O-])c4)o3)c[nH]c2c1. The van der Waals surface area contributed by atoms with Gasteiger partial charge in [0, 0.05) is 46.9 Å². The minimum atomic E-state index is -0.434. The molecule has 0 spiro atoms. The van der Waals surface area contributed by atoms with Gasteiger partial charge in [0.05, 0.1) is 12.0 Å². The lowest BCUT2D eigenvalue weighted by atomic mass is 10.1. The molecule has 8 heteroatoms. The molecule has 0 aliphatic heterocycles. The van der Waals surface area contributed by atoms with Crippen molar-refractivity contribution in [3.63, 3.8) is 0 Å². The lowest BCUT2D eigenvalue weighted by molar-refractivity contribution is -0.385. The highest BCUT2D eigenvalue weighted by Gasteiger charge is 2.16. The fourth-order valence-electron chi connectivity index (χ4n) is 3.47. The van der Waals surface area contributed by atoms with Crippen molar-refractivity contribution in [3.05, 3.63) is 81.7 Å². The molecule has 4 aromatic rings. The molecular formula is C23H21N3O5. The van der Waals surface area contributed by atoms with Crippen LogP contribution < -0.4 is 10.1 Å². The summed E-state index contributed by atoms with van der Waals surface area (Å²) in [4.78, 5) is 26.4. The third kappa shape index (κ3) is 4.13. The Morgan fingerprint density at radius 3 is 2.81 bits per heavy atom. The van der Waals surface area contributed by atoms with Crippen LogP contribution in [0.15, 0.2) is 59.1 Å². The zero-order valence-electron chi connectivity index (χ0n) is 17.1. The second-order valence-electron chi connectivity index (χ2n) is 7.15. The highest BCUT2D eigenvalue weighted by Crippen LogP contribution is 2.28. The van der Waals surface area contributed by atoms with Crippen molar-refractivity contribution in [2.24, 2.45) is 0 Å². The van der Waals surface area contributed by atoms with E-state index in [1.807, 2.05) is 24.4 Å². The molecular weight excluding hydrogens is 398 g/mol. The highest BCUT2D eigenvalue weighted by atomic mass is 16.6. The van der Waals surface area contributed by atoms with Gasteiger partial charge >= 0.3 is 0 Å². The fourth-order valence-corrected chi connectivity index (χ4v) is 3.47. The molecule has 2 N–H and O–H groups in total. The molecule has 2 aromatic heterocycles. The second-order valence-corrected chi connectivity index (χ2v) is 7.15. The van der Waals surface area contributed by atoms with Crippen molar-refractivity contribution in [1.29, 1.82) is 0 Å². The molecule has 8 nitrogen and oxygen atoms in total. The van der Waals surface area contributed by atoms with Crippen LogP contribution in [0.3, 0.4) is 0 Å². The van der Waals surface area contributed by atoms with Crippen molar-refractivity contribution >= 4 is 22.5 Å². The van der Waals surface area contributed by atoms with Crippen LogP contribution in [-0.4, -0.2) is 29.5 Å². The number of amides is 1. The highest BCUT2D eigenvalue weighted by molar-refractivity contribution is 5.92. The normalized spacial score (nSPS) is 10.9. The van der Waals surface area contributed by atoms with Gasteiger partial charge in [-0.15, -0.1) is 0 Å². The summed E-state index contributed by atoms with van der Waals surface area (Å²) in [6.07, 6.45) is 2.57.